The Morgan fingerprint density at radius 3 is 2.80 bits per heavy atom. The van der Waals surface area contributed by atoms with E-state index in [-0.39, 0.29) is 11.3 Å². The molecule has 3 aromatic rings. The van der Waals surface area contributed by atoms with Crippen LogP contribution in [-0.2, 0) is 0 Å². The fourth-order valence-corrected chi connectivity index (χ4v) is 2.92. The summed E-state index contributed by atoms with van der Waals surface area (Å²) in [4.78, 5) is 30.3. The summed E-state index contributed by atoms with van der Waals surface area (Å²) in [5.74, 6) is -0.775. The molecule has 0 fully saturated rings. The van der Waals surface area contributed by atoms with Gasteiger partial charge < -0.3 is 5.11 Å². The van der Waals surface area contributed by atoms with Crippen molar-refractivity contribution in [1.82, 2.24) is 4.98 Å². The van der Waals surface area contributed by atoms with Gasteiger partial charge in [-0.1, -0.05) is 23.5 Å². The number of non-ortho nitro benzene ring substituents is 1. The number of nitro groups is 1. The van der Waals surface area contributed by atoms with Gasteiger partial charge in [0.2, 0.25) is 5.82 Å². The summed E-state index contributed by atoms with van der Waals surface area (Å²) in [6.07, 6.45) is 1.81. The molecule has 0 radical (unpaired) electrons. The highest BCUT2D eigenvalue weighted by atomic mass is 32.1. The maximum absolute atomic E-state index is 11.4. The van der Waals surface area contributed by atoms with Crippen LogP contribution in [0.1, 0.15) is 15.2 Å². The number of carbonyl (C=O) groups is 1. The van der Waals surface area contributed by atoms with Crippen LogP contribution in [-0.4, -0.2) is 21.0 Å². The molecule has 8 nitrogen and oxygen atoms in total. The third kappa shape index (κ3) is 3.78. The van der Waals surface area contributed by atoms with E-state index in [1.807, 2.05) is 13.1 Å². The molecule has 0 saturated carbocycles. The van der Waals surface area contributed by atoms with E-state index in [9.17, 15) is 20.0 Å². The number of aromatic amines is 1. The van der Waals surface area contributed by atoms with E-state index in [2.05, 4.69) is 15.3 Å². The number of nitrogens with zero attached hydrogens (tertiary/aromatic N) is 2. The average molecular weight is 357 g/mol. The highest BCUT2D eigenvalue weighted by molar-refractivity contribution is 7.15. The van der Waals surface area contributed by atoms with Gasteiger partial charge in [0.1, 0.15) is 6.20 Å². The number of H-pyrrole nitrogens is 1. The first-order valence-corrected chi connectivity index (χ1v) is 7.99. The topological polar surface area (TPSA) is 120 Å². The predicted molar refractivity (Wildman–Crippen MR) is 92.2 cm³/mol. The standard InChI is InChI=1S/C16H12N4O4S/c1-9-8-17-16(25-9)19-14-7-11(15(21)22)6-13(18-14)10-3-2-4-12(5-10)20(23)24/h2-8H,1H3,(H,21,22)(H,17,18,19)/p+1. The first-order valence-electron chi connectivity index (χ1n) is 7.18. The van der Waals surface area contributed by atoms with Gasteiger partial charge in [0.25, 0.3) is 5.69 Å². The van der Waals surface area contributed by atoms with Crippen LogP contribution in [0.2, 0.25) is 0 Å². The fraction of sp³-hybridized carbons (Fsp3) is 0.0625. The fourth-order valence-electron chi connectivity index (χ4n) is 2.21. The number of pyridine rings is 1. The highest BCUT2D eigenvalue weighted by Gasteiger charge is 2.16. The van der Waals surface area contributed by atoms with E-state index in [4.69, 9.17) is 0 Å². The van der Waals surface area contributed by atoms with Crippen LogP contribution in [0.4, 0.5) is 16.6 Å². The number of thiazole rings is 1. The normalized spacial score (nSPS) is 10.4. The van der Waals surface area contributed by atoms with E-state index in [0.29, 0.717) is 22.2 Å². The minimum atomic E-state index is -1.11. The molecule has 0 aliphatic rings. The quantitative estimate of drug-likeness (QED) is 0.534. The highest BCUT2D eigenvalue weighted by Crippen LogP contribution is 2.26. The molecule has 0 unspecified atom stereocenters. The molecule has 0 atom stereocenters. The number of aryl methyl sites for hydroxylation is 1. The molecule has 3 rings (SSSR count). The van der Waals surface area contributed by atoms with Crippen molar-refractivity contribution in [3.63, 3.8) is 0 Å². The van der Waals surface area contributed by atoms with Crippen LogP contribution in [0, 0.1) is 17.0 Å². The summed E-state index contributed by atoms with van der Waals surface area (Å²) in [7, 11) is 0. The Hall–Kier alpha value is -3.33. The molecule has 0 amide bonds. The predicted octanol–water partition coefficient (Wildman–Crippen LogP) is 3.28. The lowest BCUT2D eigenvalue weighted by Gasteiger charge is -2.05. The van der Waals surface area contributed by atoms with E-state index in [1.54, 1.807) is 6.07 Å². The zero-order chi connectivity index (χ0) is 18.0. The first kappa shape index (κ1) is 16.5. The second kappa shape index (κ2) is 6.65. The second-order valence-corrected chi connectivity index (χ2v) is 6.45. The minimum absolute atomic E-state index is 0.0345. The van der Waals surface area contributed by atoms with Crippen molar-refractivity contribution in [2.45, 2.75) is 6.92 Å². The van der Waals surface area contributed by atoms with Crippen LogP contribution in [0.3, 0.4) is 0 Å². The van der Waals surface area contributed by atoms with Crippen LogP contribution in [0.15, 0.2) is 42.6 Å². The maximum Gasteiger partial charge on any atom is 0.338 e. The number of carboxylic acids is 1. The van der Waals surface area contributed by atoms with Crippen molar-refractivity contribution in [2.24, 2.45) is 0 Å². The van der Waals surface area contributed by atoms with Gasteiger partial charge in [-0.05, 0) is 13.0 Å². The number of aromatic nitrogens is 2. The Kier molecular flexibility index (Phi) is 4.40. The third-order valence-corrected chi connectivity index (χ3v) is 4.20. The van der Waals surface area contributed by atoms with Crippen molar-refractivity contribution in [3.8, 4) is 11.3 Å². The summed E-state index contributed by atoms with van der Waals surface area (Å²) in [5.41, 5.74) is 0.745. The van der Waals surface area contributed by atoms with Crippen LogP contribution in [0.25, 0.3) is 11.3 Å². The van der Waals surface area contributed by atoms with E-state index in [0.717, 1.165) is 4.88 Å². The van der Waals surface area contributed by atoms with Gasteiger partial charge >= 0.3 is 11.1 Å². The molecule has 0 bridgehead atoms. The number of aromatic carboxylic acids is 1. The molecule has 3 N–H and O–H groups in total. The van der Waals surface area contributed by atoms with Gasteiger partial charge in [-0.15, -0.1) is 0 Å². The second-order valence-electron chi connectivity index (χ2n) is 5.19. The smallest absolute Gasteiger partial charge is 0.338 e. The van der Waals surface area contributed by atoms with Gasteiger partial charge in [0, 0.05) is 28.6 Å². The zero-order valence-electron chi connectivity index (χ0n) is 13.0. The monoisotopic (exact) mass is 357 g/mol. The molecule has 1 aromatic carbocycles. The van der Waals surface area contributed by atoms with Crippen molar-refractivity contribution in [1.29, 1.82) is 0 Å². The maximum atomic E-state index is 11.4. The molecule has 2 aromatic heterocycles. The lowest BCUT2D eigenvalue weighted by Crippen LogP contribution is -2.06. The summed E-state index contributed by atoms with van der Waals surface area (Å²) >= 11 is 1.46. The number of nitrogens with one attached hydrogen (secondary N) is 2. The Labute approximate surface area is 146 Å². The van der Waals surface area contributed by atoms with Crippen molar-refractivity contribution >= 4 is 33.9 Å². The molecule has 9 heteroatoms. The van der Waals surface area contributed by atoms with Gasteiger partial charge in [-0.25, -0.2) is 20.1 Å². The molecule has 0 saturated heterocycles. The lowest BCUT2D eigenvalue weighted by atomic mass is 10.1. The van der Waals surface area contributed by atoms with E-state index < -0.39 is 10.9 Å². The summed E-state index contributed by atoms with van der Waals surface area (Å²) < 4.78 is 0. The molecule has 25 heavy (non-hydrogen) atoms. The van der Waals surface area contributed by atoms with Gasteiger partial charge in [0.05, 0.1) is 16.2 Å². The number of benzene rings is 1. The Morgan fingerprint density at radius 2 is 2.16 bits per heavy atom. The summed E-state index contributed by atoms with van der Waals surface area (Å²) in [6.45, 7) is 1.93. The molecule has 0 aliphatic carbocycles. The Bertz CT molecular complexity index is 970. The largest absolute Gasteiger partial charge is 0.478 e. The zero-order valence-corrected chi connectivity index (χ0v) is 13.8. The van der Waals surface area contributed by atoms with Crippen molar-refractivity contribution in [3.05, 3.63) is 63.1 Å². The van der Waals surface area contributed by atoms with Gasteiger partial charge in [-0.3, -0.25) is 10.1 Å². The number of rotatable bonds is 5. The first-order chi connectivity index (χ1) is 11.9. The molecule has 2 heterocycles. The number of hydrogen-bond acceptors (Lipinski definition) is 6. The number of anilines is 2. The van der Waals surface area contributed by atoms with Gasteiger partial charge in [0.15, 0.2) is 0 Å². The van der Waals surface area contributed by atoms with Gasteiger partial charge in [-0.2, -0.15) is 0 Å². The Balaban J connectivity index is 2.05. The van der Waals surface area contributed by atoms with Crippen LogP contribution in [0.5, 0.6) is 0 Å². The van der Waals surface area contributed by atoms with E-state index >= 15 is 0 Å². The van der Waals surface area contributed by atoms with Crippen LogP contribution >= 0.6 is 11.3 Å². The number of carboxylic acid groups (broad SMARTS) is 1. The summed E-state index contributed by atoms with van der Waals surface area (Å²) in [5, 5.41) is 24.0. The van der Waals surface area contributed by atoms with Crippen molar-refractivity contribution in [2.75, 3.05) is 5.32 Å². The molecule has 0 aliphatic heterocycles. The molecular formula is C16H13N4O4S+. The molecular weight excluding hydrogens is 344 g/mol. The SMILES string of the molecule is Cc1c[nH+]c(Nc2cc(C(=O)O)cc(-c3cccc([N+](=O)[O-])c3)n2)s1. The van der Waals surface area contributed by atoms with E-state index in [1.165, 1.54) is 41.7 Å². The third-order valence-electron chi connectivity index (χ3n) is 3.34. The average Bonchev–Trinajstić information content (AvgIpc) is 2.99. The number of nitro benzene ring substituents is 1. The molecule has 126 valence electrons. The van der Waals surface area contributed by atoms with Crippen LogP contribution < -0.4 is 10.3 Å². The summed E-state index contributed by atoms with van der Waals surface area (Å²) in [6, 6.07) is 8.70. The lowest BCUT2D eigenvalue weighted by molar-refractivity contribution is -0.384. The Morgan fingerprint density at radius 1 is 1.36 bits per heavy atom. The van der Waals surface area contributed by atoms with Crippen molar-refractivity contribution < 1.29 is 19.8 Å². The minimum Gasteiger partial charge on any atom is -0.478 e. The number of hydrogen-bond donors (Lipinski definition) is 2. The molecule has 0 spiro atoms.